The lowest BCUT2D eigenvalue weighted by Crippen LogP contribution is -2.26. The van der Waals surface area contributed by atoms with Crippen molar-refractivity contribution in [3.05, 3.63) is 28.8 Å². The molecular weight excluding hydrogens is 226 g/mol. The molecule has 1 aliphatic heterocycles. The first-order chi connectivity index (χ1) is 7.27. The molecular formula is C12H16ClNS. The molecule has 3 heteroatoms. The maximum absolute atomic E-state index is 6.21. The van der Waals surface area contributed by atoms with Gasteiger partial charge in [-0.1, -0.05) is 37.6 Å². The second-order valence-corrected chi connectivity index (χ2v) is 5.41. The van der Waals surface area contributed by atoms with E-state index in [0.29, 0.717) is 11.3 Å². The summed E-state index contributed by atoms with van der Waals surface area (Å²) in [5, 5.41) is 5.07. The largest absolute Gasteiger partial charge is 0.309 e. The highest BCUT2D eigenvalue weighted by molar-refractivity contribution is 8.00. The Morgan fingerprint density at radius 1 is 1.40 bits per heavy atom. The molecule has 1 aliphatic rings. The highest BCUT2D eigenvalue weighted by Gasteiger charge is 2.32. The van der Waals surface area contributed by atoms with Crippen LogP contribution < -0.4 is 5.32 Å². The summed E-state index contributed by atoms with van der Waals surface area (Å²) < 4.78 is 0. The van der Waals surface area contributed by atoms with Gasteiger partial charge >= 0.3 is 0 Å². The van der Waals surface area contributed by atoms with Crippen molar-refractivity contribution < 1.29 is 0 Å². The Balaban J connectivity index is 2.35. The van der Waals surface area contributed by atoms with Gasteiger partial charge < -0.3 is 5.32 Å². The quantitative estimate of drug-likeness (QED) is 0.862. The van der Waals surface area contributed by atoms with Crippen molar-refractivity contribution in [3.8, 4) is 0 Å². The van der Waals surface area contributed by atoms with Crippen molar-refractivity contribution in [2.45, 2.75) is 36.5 Å². The standard InChI is InChI=1S/C12H16ClNS/c1-3-10-11(14-4-2)8-6-5-7-9(13)12(8)15-10/h5-7,10-11,14H,3-4H2,1-2H3. The minimum absolute atomic E-state index is 0.471. The third kappa shape index (κ3) is 2.03. The van der Waals surface area contributed by atoms with Gasteiger partial charge in [0, 0.05) is 16.2 Å². The molecule has 15 heavy (non-hydrogen) atoms. The maximum Gasteiger partial charge on any atom is 0.0545 e. The topological polar surface area (TPSA) is 12.0 Å². The molecule has 2 unspecified atom stereocenters. The zero-order chi connectivity index (χ0) is 10.8. The summed E-state index contributed by atoms with van der Waals surface area (Å²) in [4.78, 5) is 1.27. The van der Waals surface area contributed by atoms with E-state index in [1.54, 1.807) is 0 Å². The monoisotopic (exact) mass is 241 g/mol. The first-order valence-corrected chi connectivity index (χ1v) is 6.72. The van der Waals surface area contributed by atoms with Crippen LogP contribution in [0.25, 0.3) is 0 Å². The van der Waals surface area contributed by atoms with Gasteiger partial charge in [-0.25, -0.2) is 0 Å². The van der Waals surface area contributed by atoms with E-state index in [1.165, 1.54) is 16.9 Å². The minimum atomic E-state index is 0.471. The van der Waals surface area contributed by atoms with Crippen molar-refractivity contribution in [1.82, 2.24) is 5.32 Å². The molecule has 0 saturated heterocycles. The van der Waals surface area contributed by atoms with Gasteiger partial charge in [0.25, 0.3) is 0 Å². The molecule has 0 bridgehead atoms. The van der Waals surface area contributed by atoms with E-state index in [1.807, 2.05) is 23.9 Å². The number of hydrogen-bond acceptors (Lipinski definition) is 2. The molecule has 0 aliphatic carbocycles. The van der Waals surface area contributed by atoms with Crippen LogP contribution in [0.4, 0.5) is 0 Å². The smallest absolute Gasteiger partial charge is 0.0545 e. The predicted octanol–water partition coefficient (Wildman–Crippen LogP) is 3.87. The Morgan fingerprint density at radius 2 is 2.20 bits per heavy atom. The van der Waals surface area contributed by atoms with Crippen LogP contribution in [0.5, 0.6) is 0 Å². The van der Waals surface area contributed by atoms with Crippen LogP contribution in [0.3, 0.4) is 0 Å². The molecule has 2 atom stereocenters. The van der Waals surface area contributed by atoms with Gasteiger partial charge in [-0.05, 0) is 24.6 Å². The minimum Gasteiger partial charge on any atom is -0.309 e. The predicted molar refractivity (Wildman–Crippen MR) is 67.8 cm³/mol. The number of nitrogens with one attached hydrogen (secondary N) is 1. The van der Waals surface area contributed by atoms with E-state index in [0.717, 1.165) is 11.6 Å². The fourth-order valence-electron chi connectivity index (χ4n) is 2.09. The first-order valence-electron chi connectivity index (χ1n) is 5.46. The van der Waals surface area contributed by atoms with E-state index in [9.17, 15) is 0 Å². The SMILES string of the molecule is CCNC1c2cccc(Cl)c2SC1CC. The summed E-state index contributed by atoms with van der Waals surface area (Å²) in [6.45, 7) is 5.40. The molecule has 0 amide bonds. The van der Waals surface area contributed by atoms with Crippen molar-refractivity contribution in [2.24, 2.45) is 0 Å². The number of halogens is 1. The summed E-state index contributed by atoms with van der Waals surface area (Å²) >= 11 is 8.13. The Kier molecular flexibility index (Phi) is 3.60. The molecule has 2 rings (SSSR count). The molecule has 1 nitrogen and oxygen atoms in total. The van der Waals surface area contributed by atoms with Crippen molar-refractivity contribution >= 4 is 23.4 Å². The zero-order valence-electron chi connectivity index (χ0n) is 9.09. The van der Waals surface area contributed by atoms with Crippen LogP contribution in [-0.2, 0) is 0 Å². The van der Waals surface area contributed by atoms with Crippen molar-refractivity contribution in [1.29, 1.82) is 0 Å². The third-order valence-electron chi connectivity index (χ3n) is 2.80. The number of benzene rings is 1. The highest BCUT2D eigenvalue weighted by Crippen LogP contribution is 2.48. The van der Waals surface area contributed by atoms with E-state index < -0.39 is 0 Å². The van der Waals surface area contributed by atoms with Gasteiger partial charge in [0.1, 0.15) is 0 Å². The van der Waals surface area contributed by atoms with Crippen LogP contribution in [0.2, 0.25) is 5.02 Å². The third-order valence-corrected chi connectivity index (χ3v) is 4.83. The maximum atomic E-state index is 6.21. The summed E-state index contributed by atoms with van der Waals surface area (Å²) in [6.07, 6.45) is 1.17. The summed E-state index contributed by atoms with van der Waals surface area (Å²) in [6, 6.07) is 6.69. The van der Waals surface area contributed by atoms with Crippen molar-refractivity contribution in [2.75, 3.05) is 6.54 Å². The van der Waals surface area contributed by atoms with Gasteiger partial charge in [0.2, 0.25) is 0 Å². The molecule has 0 radical (unpaired) electrons. The number of rotatable bonds is 3. The van der Waals surface area contributed by atoms with Crippen LogP contribution >= 0.6 is 23.4 Å². The molecule has 1 N–H and O–H groups in total. The second kappa shape index (κ2) is 4.77. The highest BCUT2D eigenvalue weighted by atomic mass is 35.5. The number of hydrogen-bond donors (Lipinski definition) is 1. The van der Waals surface area contributed by atoms with Crippen molar-refractivity contribution in [3.63, 3.8) is 0 Å². The molecule has 0 aromatic heterocycles. The summed E-state index contributed by atoms with van der Waals surface area (Å²) in [7, 11) is 0. The summed E-state index contributed by atoms with van der Waals surface area (Å²) in [5.41, 5.74) is 1.38. The molecule has 1 aromatic carbocycles. The number of fused-ring (bicyclic) bond motifs is 1. The van der Waals surface area contributed by atoms with Crippen LogP contribution in [0, 0.1) is 0 Å². The van der Waals surface area contributed by atoms with Gasteiger partial charge in [-0.15, -0.1) is 11.8 Å². The second-order valence-electron chi connectivity index (χ2n) is 3.76. The van der Waals surface area contributed by atoms with Crippen LogP contribution in [0.1, 0.15) is 31.9 Å². The molecule has 0 saturated carbocycles. The van der Waals surface area contributed by atoms with Gasteiger partial charge in [0.15, 0.2) is 0 Å². The first kappa shape index (κ1) is 11.3. The lowest BCUT2D eigenvalue weighted by Gasteiger charge is -2.18. The molecule has 0 spiro atoms. The average molecular weight is 242 g/mol. The Hall–Kier alpha value is -0.180. The van der Waals surface area contributed by atoms with Gasteiger partial charge in [-0.2, -0.15) is 0 Å². The fraction of sp³-hybridized carbons (Fsp3) is 0.500. The van der Waals surface area contributed by atoms with Crippen LogP contribution in [0.15, 0.2) is 23.1 Å². The Morgan fingerprint density at radius 3 is 2.87 bits per heavy atom. The number of thioether (sulfide) groups is 1. The van der Waals surface area contributed by atoms with Gasteiger partial charge in [0.05, 0.1) is 5.02 Å². The zero-order valence-corrected chi connectivity index (χ0v) is 10.7. The Labute approximate surface area is 101 Å². The van der Waals surface area contributed by atoms with E-state index in [2.05, 4.69) is 25.2 Å². The van der Waals surface area contributed by atoms with Crippen LogP contribution in [-0.4, -0.2) is 11.8 Å². The van der Waals surface area contributed by atoms with E-state index >= 15 is 0 Å². The molecule has 1 heterocycles. The molecule has 1 aromatic rings. The average Bonchev–Trinajstić information content (AvgIpc) is 2.59. The molecule has 0 fully saturated rings. The lowest BCUT2D eigenvalue weighted by atomic mass is 10.0. The normalized spacial score (nSPS) is 24.2. The molecule has 82 valence electrons. The lowest BCUT2D eigenvalue weighted by molar-refractivity contribution is 0.527. The van der Waals surface area contributed by atoms with Gasteiger partial charge in [-0.3, -0.25) is 0 Å². The van der Waals surface area contributed by atoms with E-state index in [4.69, 9.17) is 11.6 Å². The fourth-order valence-corrected chi connectivity index (χ4v) is 3.77. The van der Waals surface area contributed by atoms with E-state index in [-0.39, 0.29) is 0 Å². The Bertz CT molecular complexity index is 353. The summed E-state index contributed by atoms with van der Waals surface area (Å²) in [5.74, 6) is 0.